The summed E-state index contributed by atoms with van der Waals surface area (Å²) in [5, 5.41) is 0.195. The van der Waals surface area contributed by atoms with Crippen molar-refractivity contribution in [1.82, 2.24) is 14.5 Å². The zero-order valence-corrected chi connectivity index (χ0v) is 19.0. The van der Waals surface area contributed by atoms with Crippen LogP contribution in [0.1, 0.15) is 9.68 Å². The van der Waals surface area contributed by atoms with Gasteiger partial charge in [-0.25, -0.2) is 9.97 Å². The van der Waals surface area contributed by atoms with Crippen molar-refractivity contribution in [2.24, 2.45) is 0 Å². The largest absolute Gasteiger partial charge is 0.497 e. The molecule has 0 bridgehead atoms. The summed E-state index contributed by atoms with van der Waals surface area (Å²) in [6, 6.07) is 9.87. The molecule has 1 aromatic carbocycles. The van der Waals surface area contributed by atoms with Gasteiger partial charge < -0.3 is 14.4 Å². The highest BCUT2D eigenvalue weighted by Crippen LogP contribution is 2.28. The first kappa shape index (κ1) is 17.7. The quantitative estimate of drug-likeness (QED) is 0.267. The Labute approximate surface area is 182 Å². The molecule has 3 aromatic rings. The predicted molar refractivity (Wildman–Crippen MR) is 122 cm³/mol. The standard InChI is InChI=1S/C21H29ClN4O2Si/c1-25(13-16-6-8-17(27-2)9-7-16)18-12-19(22)24-21-20(18)23-14-26(21)15-28-10-11-29(3,4)5/h6-9,12,14H,10-11,13,15H2,1-5H3/i1D3. The number of halogens is 1. The molecule has 0 atom stereocenters. The third-order valence-corrected chi connectivity index (χ3v) is 6.44. The minimum absolute atomic E-state index is 0.148. The Bertz CT molecular complexity index is 1050. The Kier molecular flexibility index (Phi) is 5.60. The summed E-state index contributed by atoms with van der Waals surface area (Å²) >= 11 is 6.30. The van der Waals surface area contributed by atoms with E-state index in [0.717, 1.165) is 11.6 Å². The van der Waals surface area contributed by atoms with Crippen LogP contribution < -0.4 is 9.64 Å². The van der Waals surface area contributed by atoms with Crippen LogP contribution in [0, 0.1) is 0 Å². The number of pyridine rings is 1. The van der Waals surface area contributed by atoms with Crippen LogP contribution in [-0.4, -0.2) is 43.3 Å². The van der Waals surface area contributed by atoms with Crippen molar-refractivity contribution in [3.8, 4) is 5.75 Å². The van der Waals surface area contributed by atoms with Gasteiger partial charge in [-0.3, -0.25) is 4.57 Å². The molecule has 0 unspecified atom stereocenters. The normalized spacial score (nSPS) is 13.8. The van der Waals surface area contributed by atoms with Crippen LogP contribution in [0.4, 0.5) is 5.69 Å². The van der Waals surface area contributed by atoms with Crippen molar-refractivity contribution >= 4 is 36.5 Å². The van der Waals surface area contributed by atoms with Crippen LogP contribution in [0.5, 0.6) is 5.75 Å². The van der Waals surface area contributed by atoms with Gasteiger partial charge in [-0.15, -0.1) is 0 Å². The summed E-state index contributed by atoms with van der Waals surface area (Å²) in [5.41, 5.74) is 2.17. The molecule has 0 spiro atoms. The second-order valence-corrected chi connectivity index (χ2v) is 14.1. The first-order valence-corrected chi connectivity index (χ1v) is 13.6. The zero-order chi connectivity index (χ0) is 23.5. The summed E-state index contributed by atoms with van der Waals surface area (Å²) in [6.07, 6.45) is 1.61. The minimum atomic E-state index is -2.41. The number of ether oxygens (including phenoxy) is 2. The number of anilines is 1. The highest BCUT2D eigenvalue weighted by molar-refractivity contribution is 6.76. The molecule has 6 nitrogen and oxygen atoms in total. The molecule has 0 saturated carbocycles. The maximum atomic E-state index is 8.12. The van der Waals surface area contributed by atoms with Crippen molar-refractivity contribution in [1.29, 1.82) is 0 Å². The average molecular weight is 436 g/mol. The highest BCUT2D eigenvalue weighted by atomic mass is 35.5. The lowest BCUT2D eigenvalue weighted by molar-refractivity contribution is 0.0895. The molecule has 0 saturated heterocycles. The fourth-order valence-electron chi connectivity index (χ4n) is 2.83. The maximum absolute atomic E-state index is 8.12. The highest BCUT2D eigenvalue weighted by Gasteiger charge is 2.16. The fraction of sp³-hybridized carbons (Fsp3) is 0.429. The van der Waals surface area contributed by atoms with Crippen molar-refractivity contribution in [3.63, 3.8) is 0 Å². The summed E-state index contributed by atoms with van der Waals surface area (Å²) in [5.74, 6) is 0.705. The molecular formula is C21H29ClN4O2Si. The number of fused-ring (bicyclic) bond motifs is 1. The number of aromatic nitrogens is 3. The molecular weight excluding hydrogens is 404 g/mol. The molecule has 156 valence electrons. The van der Waals surface area contributed by atoms with E-state index in [2.05, 4.69) is 29.6 Å². The molecule has 0 aliphatic rings. The molecule has 0 amide bonds. The van der Waals surface area contributed by atoms with E-state index in [1.807, 2.05) is 12.1 Å². The van der Waals surface area contributed by atoms with Gasteiger partial charge in [0.1, 0.15) is 23.2 Å². The Morgan fingerprint density at radius 3 is 2.66 bits per heavy atom. The van der Waals surface area contributed by atoms with Crippen molar-refractivity contribution in [2.45, 2.75) is 39.0 Å². The van der Waals surface area contributed by atoms with E-state index < -0.39 is 15.0 Å². The molecule has 3 rings (SSSR count). The Balaban J connectivity index is 1.91. The van der Waals surface area contributed by atoms with Gasteiger partial charge in [0.15, 0.2) is 5.65 Å². The van der Waals surface area contributed by atoms with Crippen LogP contribution in [0.3, 0.4) is 0 Å². The molecule has 2 aromatic heterocycles. The van der Waals surface area contributed by atoms with Crippen molar-refractivity contribution in [2.75, 3.05) is 25.6 Å². The first-order chi connectivity index (χ1) is 15.0. The monoisotopic (exact) mass is 435 g/mol. The Hall–Kier alpha value is -2.09. The number of rotatable bonds is 9. The van der Waals surface area contributed by atoms with Gasteiger partial charge >= 0.3 is 0 Å². The van der Waals surface area contributed by atoms with Crippen LogP contribution >= 0.6 is 11.6 Å². The summed E-state index contributed by atoms with van der Waals surface area (Å²) in [4.78, 5) is 10.1. The molecule has 8 heteroatoms. The number of benzene rings is 1. The number of imidazole rings is 1. The third kappa shape index (κ3) is 5.71. The lowest BCUT2D eigenvalue weighted by Gasteiger charge is -2.20. The topological polar surface area (TPSA) is 52.4 Å². The summed E-state index contributed by atoms with van der Waals surface area (Å²) in [7, 11) is 0.394. The van der Waals surface area contributed by atoms with E-state index in [4.69, 9.17) is 25.2 Å². The molecule has 29 heavy (non-hydrogen) atoms. The van der Waals surface area contributed by atoms with Gasteiger partial charge in [0, 0.05) is 38.4 Å². The number of hydrogen-bond acceptors (Lipinski definition) is 5. The van der Waals surface area contributed by atoms with Gasteiger partial charge in [-0.05, 0) is 23.7 Å². The Morgan fingerprint density at radius 1 is 1.24 bits per heavy atom. The summed E-state index contributed by atoms with van der Waals surface area (Å²) in [6.45, 7) is 5.56. The zero-order valence-electron chi connectivity index (χ0n) is 20.3. The van der Waals surface area contributed by atoms with Gasteiger partial charge in [0.2, 0.25) is 0 Å². The molecule has 0 fully saturated rings. The van der Waals surface area contributed by atoms with E-state index >= 15 is 0 Å². The second-order valence-electron chi connectivity index (χ2n) is 8.13. The number of hydrogen-bond donors (Lipinski definition) is 0. The van der Waals surface area contributed by atoms with Crippen LogP contribution in [-0.2, 0) is 18.0 Å². The smallest absolute Gasteiger partial charge is 0.165 e. The number of methoxy groups -OCH3 is 1. The Morgan fingerprint density at radius 2 is 2.00 bits per heavy atom. The molecule has 0 aliphatic heterocycles. The average Bonchev–Trinajstić information content (AvgIpc) is 3.10. The third-order valence-electron chi connectivity index (χ3n) is 4.54. The first-order valence-electron chi connectivity index (χ1n) is 11.0. The second kappa shape index (κ2) is 9.15. The van der Waals surface area contributed by atoms with Gasteiger partial charge in [-0.1, -0.05) is 43.4 Å². The lowest BCUT2D eigenvalue weighted by atomic mass is 10.2. The maximum Gasteiger partial charge on any atom is 0.165 e. The van der Waals surface area contributed by atoms with Crippen molar-refractivity contribution < 1.29 is 13.6 Å². The lowest BCUT2D eigenvalue weighted by Crippen LogP contribution is -2.22. The van der Waals surface area contributed by atoms with Crippen LogP contribution in [0.25, 0.3) is 11.2 Å². The molecule has 0 N–H and O–H groups in total. The van der Waals surface area contributed by atoms with E-state index in [-0.39, 0.29) is 18.4 Å². The number of nitrogens with zero attached hydrogens (tertiary/aromatic N) is 4. The molecule has 0 aliphatic carbocycles. The van der Waals surface area contributed by atoms with E-state index in [9.17, 15) is 0 Å². The fourth-order valence-corrected chi connectivity index (χ4v) is 3.77. The van der Waals surface area contributed by atoms with E-state index in [1.165, 1.54) is 4.90 Å². The van der Waals surface area contributed by atoms with Crippen molar-refractivity contribution in [3.05, 3.63) is 47.4 Å². The van der Waals surface area contributed by atoms with Gasteiger partial charge in [0.25, 0.3) is 0 Å². The summed E-state index contributed by atoms with van der Waals surface area (Å²) < 4.78 is 37.1. The molecule has 0 radical (unpaired) electrons. The van der Waals surface area contributed by atoms with Crippen LogP contribution in [0.15, 0.2) is 36.7 Å². The predicted octanol–water partition coefficient (Wildman–Crippen LogP) is 5.04. The van der Waals surface area contributed by atoms with Gasteiger partial charge in [-0.2, -0.15) is 0 Å². The van der Waals surface area contributed by atoms with Gasteiger partial charge in [0.05, 0.1) is 19.1 Å². The van der Waals surface area contributed by atoms with E-state index in [1.54, 1.807) is 36.2 Å². The van der Waals surface area contributed by atoms with Crippen LogP contribution in [0.2, 0.25) is 30.8 Å². The minimum Gasteiger partial charge on any atom is -0.497 e. The SMILES string of the molecule is [2H]C([2H])([2H])N(Cc1ccc(OC)cc1)c1cc(Cl)nc2c1ncn2COCC[Si](C)(C)C. The van der Waals surface area contributed by atoms with E-state index in [0.29, 0.717) is 29.2 Å². The molecule has 2 heterocycles.